The Hall–Kier alpha value is -1.07. The van der Waals surface area contributed by atoms with Gasteiger partial charge in [0, 0.05) is 7.11 Å². The van der Waals surface area contributed by atoms with E-state index >= 15 is 0 Å². The zero-order valence-electron chi connectivity index (χ0n) is 12.1. The summed E-state index contributed by atoms with van der Waals surface area (Å²) >= 11 is 0. The first kappa shape index (κ1) is 17.0. The van der Waals surface area contributed by atoms with E-state index in [1.807, 2.05) is 13.8 Å². The Morgan fingerprint density at radius 3 is 2.45 bits per heavy atom. The summed E-state index contributed by atoms with van der Waals surface area (Å²) < 4.78 is 43.8. The lowest BCUT2D eigenvalue weighted by Crippen LogP contribution is -2.33. The van der Waals surface area contributed by atoms with Crippen LogP contribution in [0.25, 0.3) is 0 Å². The predicted molar refractivity (Wildman–Crippen MR) is 73.6 cm³/mol. The molecule has 0 fully saturated rings. The molecule has 1 N–H and O–H groups in total. The largest absolute Gasteiger partial charge is 0.416 e. The molecule has 2 nitrogen and oxygen atoms in total. The van der Waals surface area contributed by atoms with Gasteiger partial charge in [0.05, 0.1) is 17.7 Å². The van der Waals surface area contributed by atoms with Gasteiger partial charge >= 0.3 is 6.18 Å². The van der Waals surface area contributed by atoms with Crippen molar-refractivity contribution in [3.63, 3.8) is 0 Å². The molecule has 0 spiro atoms. The highest BCUT2D eigenvalue weighted by Crippen LogP contribution is 2.32. The highest BCUT2D eigenvalue weighted by Gasteiger charge is 2.31. The van der Waals surface area contributed by atoms with E-state index in [9.17, 15) is 13.2 Å². The van der Waals surface area contributed by atoms with Gasteiger partial charge in [-0.05, 0) is 37.1 Å². The lowest BCUT2D eigenvalue weighted by molar-refractivity contribution is -0.137. The van der Waals surface area contributed by atoms with E-state index in [0.717, 1.165) is 25.5 Å². The molecule has 0 aliphatic heterocycles. The minimum atomic E-state index is -4.32. The van der Waals surface area contributed by atoms with Crippen molar-refractivity contribution in [2.24, 2.45) is 0 Å². The Morgan fingerprint density at radius 1 is 1.25 bits per heavy atom. The molecule has 0 aliphatic carbocycles. The molecule has 0 radical (unpaired) electrons. The number of hydrogen-bond acceptors (Lipinski definition) is 2. The second-order valence-corrected chi connectivity index (χ2v) is 4.74. The third-order valence-corrected chi connectivity index (χ3v) is 3.26. The molecule has 0 aliphatic rings. The Bertz CT molecular complexity index is 402. The number of ether oxygens (including phenoxy) is 1. The predicted octanol–water partition coefficient (Wildman–Crippen LogP) is 4.17. The molecule has 2 unspecified atom stereocenters. The third kappa shape index (κ3) is 4.49. The van der Waals surface area contributed by atoms with Crippen LogP contribution in [0.15, 0.2) is 24.3 Å². The molecular formula is C15H22F3NO. The van der Waals surface area contributed by atoms with Crippen LogP contribution in [0.4, 0.5) is 13.2 Å². The molecule has 1 aromatic rings. The fourth-order valence-electron chi connectivity index (χ4n) is 2.21. The minimum absolute atomic E-state index is 0.148. The van der Waals surface area contributed by atoms with E-state index in [1.54, 1.807) is 13.2 Å². The number of halogens is 3. The molecule has 114 valence electrons. The lowest BCUT2D eigenvalue weighted by atomic mass is 9.97. The topological polar surface area (TPSA) is 21.3 Å². The summed E-state index contributed by atoms with van der Waals surface area (Å²) in [4.78, 5) is 0. The first-order valence-electron chi connectivity index (χ1n) is 6.87. The van der Waals surface area contributed by atoms with Gasteiger partial charge in [0.15, 0.2) is 0 Å². The standard InChI is InChI=1S/C15H22F3NO/c1-4-9-19-14(13(5-2)20-3)11-7-6-8-12(10-11)15(16,17)18/h6-8,10,13-14,19H,4-5,9H2,1-3H3. The highest BCUT2D eigenvalue weighted by molar-refractivity contribution is 5.28. The van der Waals surface area contributed by atoms with Crippen LogP contribution in [-0.2, 0) is 10.9 Å². The molecule has 20 heavy (non-hydrogen) atoms. The van der Waals surface area contributed by atoms with Crippen LogP contribution < -0.4 is 5.32 Å². The van der Waals surface area contributed by atoms with Crippen LogP contribution >= 0.6 is 0 Å². The number of nitrogens with one attached hydrogen (secondary N) is 1. The zero-order valence-corrected chi connectivity index (χ0v) is 12.1. The van der Waals surface area contributed by atoms with Crippen molar-refractivity contribution < 1.29 is 17.9 Å². The third-order valence-electron chi connectivity index (χ3n) is 3.26. The van der Waals surface area contributed by atoms with Crippen LogP contribution in [0.2, 0.25) is 0 Å². The summed E-state index contributed by atoms with van der Waals surface area (Å²) in [5.74, 6) is 0. The summed E-state index contributed by atoms with van der Waals surface area (Å²) in [7, 11) is 1.59. The van der Waals surface area contributed by atoms with E-state index in [0.29, 0.717) is 5.56 Å². The molecule has 1 aromatic carbocycles. The van der Waals surface area contributed by atoms with Crippen LogP contribution in [0, 0.1) is 0 Å². The van der Waals surface area contributed by atoms with Gasteiger partial charge in [-0.15, -0.1) is 0 Å². The van der Waals surface area contributed by atoms with E-state index < -0.39 is 11.7 Å². The van der Waals surface area contributed by atoms with Crippen molar-refractivity contribution in [2.75, 3.05) is 13.7 Å². The van der Waals surface area contributed by atoms with Crippen LogP contribution in [0.5, 0.6) is 0 Å². The van der Waals surface area contributed by atoms with Crippen molar-refractivity contribution >= 4 is 0 Å². The van der Waals surface area contributed by atoms with Gasteiger partial charge < -0.3 is 10.1 Å². The van der Waals surface area contributed by atoms with Gasteiger partial charge in [0.25, 0.3) is 0 Å². The second-order valence-electron chi connectivity index (χ2n) is 4.74. The first-order valence-corrected chi connectivity index (χ1v) is 6.87. The maximum atomic E-state index is 12.8. The van der Waals surface area contributed by atoms with E-state index in [1.165, 1.54) is 12.1 Å². The number of rotatable bonds is 7. The van der Waals surface area contributed by atoms with Gasteiger partial charge in [0.2, 0.25) is 0 Å². The number of methoxy groups -OCH3 is 1. The van der Waals surface area contributed by atoms with Crippen molar-refractivity contribution in [2.45, 2.75) is 45.0 Å². The second kappa shape index (κ2) is 7.64. The number of benzene rings is 1. The average molecular weight is 289 g/mol. The summed E-state index contributed by atoms with van der Waals surface area (Å²) in [5, 5.41) is 3.27. The van der Waals surface area contributed by atoms with Gasteiger partial charge in [-0.2, -0.15) is 13.2 Å². The smallest absolute Gasteiger partial charge is 0.379 e. The Morgan fingerprint density at radius 2 is 1.95 bits per heavy atom. The Kier molecular flexibility index (Phi) is 6.49. The number of hydrogen-bond donors (Lipinski definition) is 1. The van der Waals surface area contributed by atoms with Crippen molar-refractivity contribution in [3.8, 4) is 0 Å². The lowest BCUT2D eigenvalue weighted by Gasteiger charge is -2.27. The van der Waals surface area contributed by atoms with Crippen LogP contribution in [-0.4, -0.2) is 19.8 Å². The van der Waals surface area contributed by atoms with E-state index in [-0.39, 0.29) is 12.1 Å². The van der Waals surface area contributed by atoms with Crippen molar-refractivity contribution in [3.05, 3.63) is 35.4 Å². The summed E-state index contributed by atoms with van der Waals surface area (Å²) in [6, 6.07) is 5.22. The van der Waals surface area contributed by atoms with Gasteiger partial charge in [0.1, 0.15) is 0 Å². The van der Waals surface area contributed by atoms with Crippen molar-refractivity contribution in [1.82, 2.24) is 5.32 Å². The zero-order chi connectivity index (χ0) is 15.2. The van der Waals surface area contributed by atoms with Crippen molar-refractivity contribution in [1.29, 1.82) is 0 Å². The molecule has 0 bridgehead atoms. The molecule has 0 heterocycles. The first-order chi connectivity index (χ1) is 9.43. The Balaban J connectivity index is 3.06. The average Bonchev–Trinajstić information content (AvgIpc) is 2.42. The fourth-order valence-corrected chi connectivity index (χ4v) is 2.21. The summed E-state index contributed by atoms with van der Waals surface area (Å²) in [6.07, 6.45) is -2.82. The highest BCUT2D eigenvalue weighted by atomic mass is 19.4. The van der Waals surface area contributed by atoms with Crippen LogP contribution in [0.1, 0.15) is 43.9 Å². The molecule has 5 heteroatoms. The molecule has 0 amide bonds. The molecule has 1 rings (SSSR count). The minimum Gasteiger partial charge on any atom is -0.379 e. The quantitative estimate of drug-likeness (QED) is 0.813. The number of alkyl halides is 3. The normalized spacial score (nSPS) is 15.1. The molecule has 0 saturated heterocycles. The van der Waals surface area contributed by atoms with Gasteiger partial charge in [-0.3, -0.25) is 0 Å². The Labute approximate surface area is 118 Å². The molecular weight excluding hydrogens is 267 g/mol. The SMILES string of the molecule is CCCNC(c1cccc(C(F)(F)F)c1)C(CC)OC. The van der Waals surface area contributed by atoms with E-state index in [4.69, 9.17) is 4.74 Å². The van der Waals surface area contributed by atoms with Gasteiger partial charge in [-0.25, -0.2) is 0 Å². The summed E-state index contributed by atoms with van der Waals surface area (Å²) in [6.45, 7) is 4.72. The summed E-state index contributed by atoms with van der Waals surface area (Å²) in [5.41, 5.74) is -0.00812. The van der Waals surface area contributed by atoms with E-state index in [2.05, 4.69) is 5.32 Å². The fraction of sp³-hybridized carbons (Fsp3) is 0.600. The van der Waals surface area contributed by atoms with Gasteiger partial charge in [-0.1, -0.05) is 26.0 Å². The maximum Gasteiger partial charge on any atom is 0.416 e. The molecule has 2 atom stereocenters. The monoisotopic (exact) mass is 289 g/mol. The molecule has 0 saturated carbocycles. The molecule has 0 aromatic heterocycles. The van der Waals surface area contributed by atoms with Crippen LogP contribution in [0.3, 0.4) is 0 Å². The maximum absolute atomic E-state index is 12.8.